The van der Waals surface area contributed by atoms with Crippen LogP contribution in [0.3, 0.4) is 0 Å². The first-order chi connectivity index (χ1) is 17.7. The summed E-state index contributed by atoms with van der Waals surface area (Å²) in [4.78, 5) is 28.7. The summed E-state index contributed by atoms with van der Waals surface area (Å²) in [5.41, 5.74) is 1.31. The smallest absolute Gasteiger partial charge is 0.416 e. The van der Waals surface area contributed by atoms with Gasteiger partial charge in [0.1, 0.15) is 0 Å². The van der Waals surface area contributed by atoms with Crippen LogP contribution in [0.1, 0.15) is 47.2 Å². The molecule has 1 aliphatic rings. The van der Waals surface area contributed by atoms with Gasteiger partial charge in [-0.1, -0.05) is 12.1 Å². The van der Waals surface area contributed by atoms with Crippen LogP contribution in [0.25, 0.3) is 21.8 Å². The van der Waals surface area contributed by atoms with E-state index in [1.165, 1.54) is 0 Å². The Labute approximate surface area is 211 Å². The number of pyridine rings is 1. The number of nitrogens with one attached hydrogen (secondary N) is 1. The molecule has 5 rings (SSSR count). The molecule has 1 aliphatic carbocycles. The normalized spacial score (nSPS) is 18.2. The van der Waals surface area contributed by atoms with Gasteiger partial charge in [-0.25, -0.2) is 0 Å². The van der Waals surface area contributed by atoms with Crippen molar-refractivity contribution in [3.8, 4) is 0 Å². The Bertz CT molecular complexity index is 1470. The molecular formula is C28H26F3N3O3. The SMILES string of the molecule is O=C(NCC1CCC(C(=O)O)CC1)c1cc(C(F)(F)F)cc2ccn(Cc3ccc4ncccc4c3)c12. The average molecular weight is 510 g/mol. The highest BCUT2D eigenvalue weighted by Crippen LogP contribution is 2.34. The van der Waals surface area contributed by atoms with Gasteiger partial charge in [0.15, 0.2) is 0 Å². The zero-order valence-corrected chi connectivity index (χ0v) is 20.0. The highest BCUT2D eigenvalue weighted by atomic mass is 19.4. The highest BCUT2D eigenvalue weighted by Gasteiger charge is 2.33. The number of amides is 1. The summed E-state index contributed by atoms with van der Waals surface area (Å²) < 4.78 is 42.7. The van der Waals surface area contributed by atoms with Crippen LogP contribution in [0.5, 0.6) is 0 Å². The molecule has 1 fully saturated rings. The van der Waals surface area contributed by atoms with Crippen LogP contribution in [-0.4, -0.2) is 33.1 Å². The van der Waals surface area contributed by atoms with Crippen LogP contribution in [-0.2, 0) is 17.5 Å². The lowest BCUT2D eigenvalue weighted by atomic mass is 9.82. The Hall–Kier alpha value is -3.88. The minimum absolute atomic E-state index is 0.0310. The molecule has 2 aromatic carbocycles. The molecule has 0 saturated heterocycles. The van der Waals surface area contributed by atoms with E-state index in [9.17, 15) is 27.9 Å². The Kier molecular flexibility index (Phi) is 6.62. The van der Waals surface area contributed by atoms with Crippen molar-refractivity contribution < 1.29 is 27.9 Å². The van der Waals surface area contributed by atoms with Crippen LogP contribution in [0.15, 0.2) is 60.9 Å². The molecule has 9 heteroatoms. The second-order valence-electron chi connectivity index (χ2n) is 9.70. The summed E-state index contributed by atoms with van der Waals surface area (Å²) in [6.07, 6.45) is 1.20. The molecule has 4 aromatic rings. The lowest BCUT2D eigenvalue weighted by Gasteiger charge is -2.26. The minimum Gasteiger partial charge on any atom is -0.481 e. The second-order valence-corrected chi connectivity index (χ2v) is 9.70. The molecule has 0 radical (unpaired) electrons. The lowest BCUT2D eigenvalue weighted by molar-refractivity contribution is -0.143. The van der Waals surface area contributed by atoms with Crippen molar-refractivity contribution in [2.45, 2.75) is 38.4 Å². The first-order valence-corrected chi connectivity index (χ1v) is 12.2. The molecule has 2 heterocycles. The Morgan fingerprint density at radius 3 is 2.54 bits per heavy atom. The second kappa shape index (κ2) is 9.88. The average Bonchev–Trinajstić information content (AvgIpc) is 3.29. The predicted octanol–water partition coefficient (Wildman–Crippen LogP) is 5.88. The summed E-state index contributed by atoms with van der Waals surface area (Å²) in [6, 6.07) is 13.1. The molecular weight excluding hydrogens is 483 g/mol. The van der Waals surface area contributed by atoms with Crippen LogP contribution in [0, 0.1) is 11.8 Å². The van der Waals surface area contributed by atoms with Gasteiger partial charge in [-0.3, -0.25) is 14.6 Å². The number of rotatable bonds is 6. The van der Waals surface area contributed by atoms with Gasteiger partial charge in [0.25, 0.3) is 5.91 Å². The number of halogens is 3. The van der Waals surface area contributed by atoms with Crippen LogP contribution >= 0.6 is 0 Å². The van der Waals surface area contributed by atoms with Crippen LogP contribution in [0.2, 0.25) is 0 Å². The van der Waals surface area contributed by atoms with Crippen molar-refractivity contribution in [3.63, 3.8) is 0 Å². The molecule has 6 nitrogen and oxygen atoms in total. The van der Waals surface area contributed by atoms with Crippen LogP contribution in [0.4, 0.5) is 13.2 Å². The van der Waals surface area contributed by atoms with Gasteiger partial charge in [-0.2, -0.15) is 13.2 Å². The van der Waals surface area contributed by atoms with E-state index in [-0.39, 0.29) is 17.4 Å². The first kappa shape index (κ1) is 24.8. The molecule has 0 bridgehead atoms. The fourth-order valence-corrected chi connectivity index (χ4v) is 5.18. The maximum Gasteiger partial charge on any atom is 0.416 e. The molecule has 1 saturated carbocycles. The summed E-state index contributed by atoms with van der Waals surface area (Å²) in [5, 5.41) is 13.3. The Balaban J connectivity index is 1.43. The van der Waals surface area contributed by atoms with E-state index in [4.69, 9.17) is 0 Å². The quantitative estimate of drug-likeness (QED) is 0.340. The molecule has 0 unspecified atom stereocenters. The number of hydrogen-bond donors (Lipinski definition) is 2. The fourth-order valence-electron chi connectivity index (χ4n) is 5.18. The summed E-state index contributed by atoms with van der Waals surface area (Å²) in [7, 11) is 0. The lowest BCUT2D eigenvalue weighted by Crippen LogP contribution is -2.32. The number of carbonyl (C=O) groups is 2. The maximum absolute atomic E-state index is 13.6. The standard InChI is InChI=1S/C28H26F3N3O3/c29-28(30,31)22-13-21-9-11-34(16-18-5-8-24-20(12-18)2-1-10-32-24)25(21)23(14-22)26(35)33-15-17-3-6-19(7-4-17)27(36)37/h1-2,5,8-14,17,19H,3-4,6-7,15-16H2,(H,33,35)(H,36,37). The van der Waals surface area contributed by atoms with E-state index in [2.05, 4.69) is 10.3 Å². The first-order valence-electron chi connectivity index (χ1n) is 12.2. The van der Waals surface area contributed by atoms with E-state index in [1.54, 1.807) is 23.0 Å². The molecule has 2 aromatic heterocycles. The van der Waals surface area contributed by atoms with Gasteiger partial charge in [-0.15, -0.1) is 0 Å². The van der Waals surface area contributed by atoms with Crippen molar-refractivity contribution in [2.24, 2.45) is 11.8 Å². The van der Waals surface area contributed by atoms with E-state index in [0.29, 0.717) is 49.7 Å². The third kappa shape index (κ3) is 5.30. The number of hydrogen-bond acceptors (Lipinski definition) is 3. The van der Waals surface area contributed by atoms with Crippen molar-refractivity contribution in [2.75, 3.05) is 6.54 Å². The minimum atomic E-state index is -4.59. The van der Waals surface area contributed by atoms with Gasteiger partial charge >= 0.3 is 12.1 Å². The number of nitrogens with zero attached hydrogens (tertiary/aromatic N) is 2. The number of alkyl halides is 3. The molecule has 0 spiro atoms. The zero-order valence-electron chi connectivity index (χ0n) is 20.0. The number of carbonyl (C=O) groups excluding carboxylic acids is 1. The van der Waals surface area contributed by atoms with Crippen molar-refractivity contribution >= 4 is 33.7 Å². The third-order valence-corrected chi connectivity index (χ3v) is 7.20. The van der Waals surface area contributed by atoms with Crippen molar-refractivity contribution in [3.05, 3.63) is 77.6 Å². The summed E-state index contributed by atoms with van der Waals surface area (Å²) >= 11 is 0. The van der Waals surface area contributed by atoms with Gasteiger partial charge in [0.05, 0.1) is 28.1 Å². The van der Waals surface area contributed by atoms with Gasteiger partial charge in [0.2, 0.25) is 0 Å². The largest absolute Gasteiger partial charge is 0.481 e. The number of carboxylic acid groups (broad SMARTS) is 1. The summed E-state index contributed by atoms with van der Waals surface area (Å²) in [6.45, 7) is 0.667. The Morgan fingerprint density at radius 1 is 1.03 bits per heavy atom. The number of fused-ring (bicyclic) bond motifs is 2. The fraction of sp³-hybridized carbons (Fsp3) is 0.321. The Morgan fingerprint density at radius 2 is 1.81 bits per heavy atom. The number of aliphatic carboxylic acids is 1. The maximum atomic E-state index is 13.6. The van der Waals surface area contributed by atoms with E-state index in [1.807, 2.05) is 30.3 Å². The monoisotopic (exact) mass is 509 g/mol. The highest BCUT2D eigenvalue weighted by molar-refractivity contribution is 6.06. The number of benzene rings is 2. The van der Waals surface area contributed by atoms with Crippen molar-refractivity contribution in [1.29, 1.82) is 0 Å². The molecule has 0 atom stereocenters. The number of carboxylic acids is 1. The van der Waals surface area contributed by atoms with Crippen LogP contribution < -0.4 is 5.32 Å². The van der Waals surface area contributed by atoms with E-state index < -0.39 is 23.6 Å². The molecule has 1 amide bonds. The van der Waals surface area contributed by atoms with Gasteiger partial charge in [-0.05, 0) is 73.6 Å². The number of aromatic nitrogens is 2. The predicted molar refractivity (Wildman–Crippen MR) is 133 cm³/mol. The third-order valence-electron chi connectivity index (χ3n) is 7.20. The van der Waals surface area contributed by atoms with E-state index in [0.717, 1.165) is 28.6 Å². The topological polar surface area (TPSA) is 84.2 Å². The van der Waals surface area contributed by atoms with Gasteiger partial charge in [0, 0.05) is 36.3 Å². The molecule has 0 aliphatic heterocycles. The van der Waals surface area contributed by atoms with Crippen molar-refractivity contribution in [1.82, 2.24) is 14.9 Å². The zero-order chi connectivity index (χ0) is 26.2. The molecule has 37 heavy (non-hydrogen) atoms. The van der Waals surface area contributed by atoms with E-state index >= 15 is 0 Å². The molecule has 192 valence electrons. The van der Waals surface area contributed by atoms with Gasteiger partial charge < -0.3 is 15.0 Å². The molecule has 2 N–H and O–H groups in total. The summed E-state index contributed by atoms with van der Waals surface area (Å²) in [5.74, 6) is -1.65.